The quantitative estimate of drug-likeness (QED) is 0.734. The molecule has 0 atom stereocenters. The van der Waals surface area contributed by atoms with E-state index < -0.39 is 5.97 Å². The third-order valence-electron chi connectivity index (χ3n) is 1.97. The Hall–Kier alpha value is -2.09. The summed E-state index contributed by atoms with van der Waals surface area (Å²) in [5.41, 5.74) is 5.50. The van der Waals surface area contributed by atoms with E-state index in [0.29, 0.717) is 10.9 Å². The van der Waals surface area contributed by atoms with Crippen molar-refractivity contribution in [3.05, 3.63) is 17.1 Å². The predicted molar refractivity (Wildman–Crippen MR) is 60.1 cm³/mol. The molecule has 0 radical (unpaired) electrons. The van der Waals surface area contributed by atoms with Gasteiger partial charge in [-0.15, -0.1) is 0 Å². The van der Waals surface area contributed by atoms with Crippen LogP contribution in [0.25, 0.3) is 0 Å². The maximum absolute atomic E-state index is 10.8. The molecule has 8 heteroatoms. The molecule has 2 aromatic rings. The van der Waals surface area contributed by atoms with Crippen LogP contribution in [0.4, 0.5) is 16.8 Å². The van der Waals surface area contributed by atoms with Crippen LogP contribution < -0.4 is 10.6 Å². The van der Waals surface area contributed by atoms with Gasteiger partial charge in [-0.3, -0.25) is 5.10 Å². The van der Waals surface area contributed by atoms with Crippen LogP contribution in [0, 0.1) is 0 Å². The SMILES string of the molecule is CN(c1ccn[nH]1)c1nc(N)c(C(=O)O)s1. The Morgan fingerprint density at radius 3 is 2.94 bits per heavy atom. The lowest BCUT2D eigenvalue weighted by molar-refractivity contribution is 0.0703. The molecule has 0 unspecified atom stereocenters. The molecule has 0 aliphatic heterocycles. The molecule has 7 nitrogen and oxygen atoms in total. The Morgan fingerprint density at radius 1 is 1.69 bits per heavy atom. The van der Waals surface area contributed by atoms with E-state index in [1.165, 1.54) is 0 Å². The summed E-state index contributed by atoms with van der Waals surface area (Å²) in [5.74, 6) is -0.330. The second-order valence-corrected chi connectivity index (χ2v) is 3.99. The lowest BCUT2D eigenvalue weighted by atomic mass is 10.5. The maximum Gasteiger partial charge on any atom is 0.349 e. The minimum absolute atomic E-state index is 0.0267. The second-order valence-electron chi connectivity index (χ2n) is 3.02. The van der Waals surface area contributed by atoms with Crippen molar-refractivity contribution >= 4 is 34.1 Å². The van der Waals surface area contributed by atoms with Crippen molar-refractivity contribution in [3.8, 4) is 0 Å². The first-order valence-electron chi connectivity index (χ1n) is 4.32. The number of hydrogen-bond acceptors (Lipinski definition) is 6. The fraction of sp³-hybridized carbons (Fsp3) is 0.125. The number of carboxylic acids is 1. The monoisotopic (exact) mass is 239 g/mol. The van der Waals surface area contributed by atoms with Gasteiger partial charge in [-0.1, -0.05) is 11.3 Å². The zero-order valence-corrected chi connectivity index (χ0v) is 9.15. The summed E-state index contributed by atoms with van der Waals surface area (Å²) in [6, 6.07) is 1.75. The molecule has 0 fully saturated rings. The van der Waals surface area contributed by atoms with Crippen LogP contribution in [0.1, 0.15) is 9.67 Å². The van der Waals surface area contributed by atoms with Gasteiger partial charge in [0.1, 0.15) is 5.82 Å². The molecule has 4 N–H and O–H groups in total. The predicted octanol–water partition coefficient (Wildman–Crippen LogP) is 0.914. The number of thiazole rings is 1. The fourth-order valence-corrected chi connectivity index (χ4v) is 1.95. The van der Waals surface area contributed by atoms with E-state index in [1.807, 2.05) is 0 Å². The van der Waals surface area contributed by atoms with E-state index in [4.69, 9.17) is 10.8 Å². The Morgan fingerprint density at radius 2 is 2.44 bits per heavy atom. The van der Waals surface area contributed by atoms with Gasteiger partial charge in [-0.2, -0.15) is 5.10 Å². The molecular formula is C8H9N5O2S. The highest BCUT2D eigenvalue weighted by Crippen LogP contribution is 2.30. The summed E-state index contributed by atoms with van der Waals surface area (Å²) >= 11 is 1.02. The average Bonchev–Trinajstić information content (AvgIpc) is 2.84. The number of carboxylic acid groups (broad SMARTS) is 1. The minimum atomic E-state index is -1.07. The molecule has 0 spiro atoms. The van der Waals surface area contributed by atoms with E-state index in [1.54, 1.807) is 24.2 Å². The molecule has 0 bridgehead atoms. The topological polar surface area (TPSA) is 108 Å². The number of nitrogens with one attached hydrogen (secondary N) is 1. The van der Waals surface area contributed by atoms with Gasteiger partial charge in [-0.05, 0) is 0 Å². The number of nitrogens with zero attached hydrogens (tertiary/aromatic N) is 3. The fourth-order valence-electron chi connectivity index (χ4n) is 1.16. The Bertz CT molecular complexity index is 506. The first-order chi connectivity index (χ1) is 7.59. The van der Waals surface area contributed by atoms with Gasteiger partial charge in [0.2, 0.25) is 0 Å². The summed E-state index contributed by atoms with van der Waals surface area (Å²) in [5, 5.41) is 15.9. The van der Waals surface area contributed by atoms with Crippen molar-refractivity contribution in [2.75, 3.05) is 17.7 Å². The zero-order valence-electron chi connectivity index (χ0n) is 8.34. The van der Waals surface area contributed by atoms with E-state index in [9.17, 15) is 4.79 Å². The second kappa shape index (κ2) is 3.81. The Balaban J connectivity index is 2.35. The van der Waals surface area contributed by atoms with Crippen LogP contribution in [0.3, 0.4) is 0 Å². The van der Waals surface area contributed by atoms with Crippen LogP contribution >= 0.6 is 11.3 Å². The van der Waals surface area contributed by atoms with Gasteiger partial charge in [0.15, 0.2) is 15.8 Å². The number of nitrogens with two attached hydrogens (primary N) is 1. The van der Waals surface area contributed by atoms with Crippen molar-refractivity contribution < 1.29 is 9.90 Å². The number of nitrogen functional groups attached to an aromatic ring is 1. The van der Waals surface area contributed by atoms with E-state index in [0.717, 1.165) is 11.3 Å². The number of H-pyrrole nitrogens is 1. The Labute approximate surface area is 94.5 Å². The molecule has 0 amide bonds. The zero-order chi connectivity index (χ0) is 11.7. The highest BCUT2D eigenvalue weighted by atomic mass is 32.1. The van der Waals surface area contributed by atoms with Crippen LogP contribution in [-0.2, 0) is 0 Å². The molecule has 0 aliphatic carbocycles. The summed E-state index contributed by atoms with van der Waals surface area (Å²) in [4.78, 5) is 16.5. The molecule has 2 aromatic heterocycles. The van der Waals surface area contributed by atoms with Gasteiger partial charge in [0, 0.05) is 13.1 Å². The van der Waals surface area contributed by atoms with Crippen molar-refractivity contribution in [1.82, 2.24) is 15.2 Å². The molecule has 0 saturated carbocycles. The summed E-state index contributed by atoms with van der Waals surface area (Å²) in [6.07, 6.45) is 1.60. The number of hydrogen-bond donors (Lipinski definition) is 3. The van der Waals surface area contributed by atoms with Crippen LogP contribution in [-0.4, -0.2) is 33.3 Å². The molecule has 0 aliphatic rings. The van der Waals surface area contributed by atoms with Gasteiger partial charge in [-0.25, -0.2) is 9.78 Å². The van der Waals surface area contributed by atoms with Crippen LogP contribution in [0.5, 0.6) is 0 Å². The van der Waals surface area contributed by atoms with Crippen molar-refractivity contribution in [1.29, 1.82) is 0 Å². The van der Waals surface area contributed by atoms with Gasteiger partial charge in [0.05, 0.1) is 6.20 Å². The van der Waals surface area contributed by atoms with Crippen molar-refractivity contribution in [2.24, 2.45) is 0 Å². The lowest BCUT2D eigenvalue weighted by Crippen LogP contribution is -2.09. The summed E-state index contributed by atoms with van der Waals surface area (Å²) in [7, 11) is 1.75. The first kappa shape index (κ1) is 10.4. The summed E-state index contributed by atoms with van der Waals surface area (Å²) < 4.78 is 0. The number of anilines is 3. The highest BCUT2D eigenvalue weighted by Gasteiger charge is 2.18. The molecule has 0 aromatic carbocycles. The number of aromatic nitrogens is 3. The highest BCUT2D eigenvalue weighted by molar-refractivity contribution is 7.18. The number of rotatable bonds is 3. The Kier molecular flexibility index (Phi) is 2.49. The third-order valence-corrected chi connectivity index (χ3v) is 3.11. The summed E-state index contributed by atoms with van der Waals surface area (Å²) in [6.45, 7) is 0. The van der Waals surface area contributed by atoms with Gasteiger partial charge >= 0.3 is 5.97 Å². The molecule has 0 saturated heterocycles. The first-order valence-corrected chi connectivity index (χ1v) is 5.14. The number of aromatic carboxylic acids is 1. The average molecular weight is 239 g/mol. The minimum Gasteiger partial charge on any atom is -0.477 e. The van der Waals surface area contributed by atoms with Crippen molar-refractivity contribution in [3.63, 3.8) is 0 Å². The smallest absolute Gasteiger partial charge is 0.349 e. The molecule has 2 rings (SSSR count). The normalized spacial score (nSPS) is 10.3. The van der Waals surface area contributed by atoms with Crippen LogP contribution in [0.2, 0.25) is 0 Å². The molecule has 16 heavy (non-hydrogen) atoms. The van der Waals surface area contributed by atoms with E-state index in [2.05, 4.69) is 15.2 Å². The van der Waals surface area contributed by atoms with Crippen LogP contribution in [0.15, 0.2) is 12.3 Å². The van der Waals surface area contributed by atoms with Gasteiger partial charge < -0.3 is 15.7 Å². The molecule has 2 heterocycles. The lowest BCUT2D eigenvalue weighted by Gasteiger charge is -2.11. The van der Waals surface area contributed by atoms with Gasteiger partial charge in [0.25, 0.3) is 0 Å². The number of aromatic amines is 1. The molecule has 84 valence electrons. The van der Waals surface area contributed by atoms with Crippen molar-refractivity contribution in [2.45, 2.75) is 0 Å². The third kappa shape index (κ3) is 1.70. The van der Waals surface area contributed by atoms with E-state index >= 15 is 0 Å². The standard InChI is InChI=1S/C8H9N5O2S/c1-13(4-2-3-10-12-4)8-11-6(9)5(16-8)7(14)15/h2-3H,9H2,1H3,(H,10,12)(H,14,15). The maximum atomic E-state index is 10.8. The largest absolute Gasteiger partial charge is 0.477 e. The van der Waals surface area contributed by atoms with E-state index in [-0.39, 0.29) is 10.7 Å². The molecular weight excluding hydrogens is 230 g/mol. The number of carbonyl (C=O) groups is 1.